The fraction of sp³-hybridized carbons (Fsp3) is 0. The third kappa shape index (κ3) is 5.08. The first kappa shape index (κ1) is 32.3. The molecule has 4 nitrogen and oxygen atoms in total. The normalized spacial score (nSPS) is 11.9. The first-order valence-electron chi connectivity index (χ1n) is 19.0. The monoisotopic (exact) mass is 762 g/mol. The topological polar surface area (TPSA) is 43.6 Å². The van der Waals surface area contributed by atoms with Crippen molar-refractivity contribution in [3.05, 3.63) is 182 Å². The average molecular weight is 763 g/mol. The van der Waals surface area contributed by atoms with Crippen molar-refractivity contribution in [1.29, 1.82) is 0 Å². The minimum atomic E-state index is 0.663. The fourth-order valence-corrected chi connectivity index (χ4v) is 11.0. The molecule has 0 aliphatic rings. The number of rotatable bonds is 5. The summed E-state index contributed by atoms with van der Waals surface area (Å²) >= 11 is 3.70. The first-order valence-corrected chi connectivity index (χ1v) is 20.7. The lowest BCUT2D eigenvalue weighted by atomic mass is 9.97. The van der Waals surface area contributed by atoms with E-state index in [1.54, 1.807) is 0 Å². The van der Waals surface area contributed by atoms with Gasteiger partial charge in [-0.2, -0.15) is 0 Å². The van der Waals surface area contributed by atoms with Crippen molar-refractivity contribution in [2.75, 3.05) is 0 Å². The molecule has 0 aliphatic heterocycles. The zero-order valence-corrected chi connectivity index (χ0v) is 32.1. The van der Waals surface area contributed by atoms with Crippen molar-refractivity contribution in [2.45, 2.75) is 0 Å². The Morgan fingerprint density at radius 2 is 0.877 bits per heavy atom. The van der Waals surface area contributed by atoms with Crippen molar-refractivity contribution >= 4 is 84.8 Å². The number of para-hydroxylation sites is 2. The molecule has 0 saturated heterocycles. The van der Waals surface area contributed by atoms with Crippen molar-refractivity contribution in [3.63, 3.8) is 0 Å². The van der Waals surface area contributed by atoms with E-state index in [2.05, 4.69) is 150 Å². The predicted octanol–water partition coefficient (Wildman–Crippen LogP) is 14.4. The smallest absolute Gasteiger partial charge is 0.165 e. The number of thiophene rings is 2. The van der Waals surface area contributed by atoms with Crippen LogP contribution in [0.15, 0.2) is 182 Å². The predicted molar refractivity (Wildman–Crippen MR) is 242 cm³/mol. The Morgan fingerprint density at radius 3 is 1.54 bits per heavy atom. The summed E-state index contributed by atoms with van der Waals surface area (Å²) in [6, 6.07) is 64.8. The molecule has 0 amide bonds. The number of benzene rings is 8. The number of fused-ring (bicyclic) bond motifs is 9. The summed E-state index contributed by atoms with van der Waals surface area (Å²) in [4.78, 5) is 15.2. The highest BCUT2D eigenvalue weighted by Gasteiger charge is 2.20. The summed E-state index contributed by atoms with van der Waals surface area (Å²) in [5, 5.41) is 7.57. The van der Waals surface area contributed by atoms with Gasteiger partial charge in [-0.15, -0.1) is 22.7 Å². The Labute approximate surface area is 335 Å². The highest BCUT2D eigenvalue weighted by Crippen LogP contribution is 2.47. The molecular weight excluding hydrogens is 733 g/mol. The highest BCUT2D eigenvalue weighted by atomic mass is 32.1. The molecule has 0 spiro atoms. The number of hydrogen-bond donors (Lipinski definition) is 0. The zero-order chi connectivity index (χ0) is 37.5. The van der Waals surface area contributed by atoms with Crippen LogP contribution in [0.25, 0.3) is 113 Å². The standard InChI is InChI=1S/C51H30N4S2/c1-3-14-31(15-4-1)49-52-50(32-16-5-2-6-17-32)54-51(53-49)41-24-12-23-39-38-22-11-21-37(47(38)57-48(39)41)36-20-13-27-44-46(36)40-29-28-33(30-45(40)56-44)55-42-25-9-7-18-34(42)35-19-8-10-26-43(35)55/h1-30H. The van der Waals surface area contributed by atoms with E-state index in [-0.39, 0.29) is 0 Å². The summed E-state index contributed by atoms with van der Waals surface area (Å²) in [7, 11) is 0. The average Bonchev–Trinajstić information content (AvgIpc) is 3.96. The highest BCUT2D eigenvalue weighted by molar-refractivity contribution is 7.27. The third-order valence-electron chi connectivity index (χ3n) is 11.1. The molecule has 0 radical (unpaired) electrons. The van der Waals surface area contributed by atoms with Gasteiger partial charge in [0.05, 0.1) is 11.0 Å². The molecule has 12 aromatic rings. The summed E-state index contributed by atoms with van der Waals surface area (Å²) in [5.41, 5.74) is 9.04. The van der Waals surface area contributed by atoms with Crippen LogP contribution in [-0.4, -0.2) is 19.5 Å². The van der Waals surface area contributed by atoms with Gasteiger partial charge in [-0.25, -0.2) is 15.0 Å². The molecule has 0 bridgehead atoms. The summed E-state index contributed by atoms with van der Waals surface area (Å²) in [6.45, 7) is 0. The van der Waals surface area contributed by atoms with Crippen LogP contribution in [0.3, 0.4) is 0 Å². The second kappa shape index (κ2) is 12.8. The molecule has 57 heavy (non-hydrogen) atoms. The van der Waals surface area contributed by atoms with Gasteiger partial charge in [-0.1, -0.05) is 146 Å². The fourth-order valence-electron chi connectivity index (χ4n) is 8.52. The maximum absolute atomic E-state index is 5.11. The minimum Gasteiger partial charge on any atom is -0.309 e. The van der Waals surface area contributed by atoms with Crippen LogP contribution in [0, 0.1) is 0 Å². The lowest BCUT2D eigenvalue weighted by Crippen LogP contribution is -2.00. The second-order valence-corrected chi connectivity index (χ2v) is 16.4. The minimum absolute atomic E-state index is 0.663. The number of nitrogens with zero attached hydrogens (tertiary/aromatic N) is 4. The van der Waals surface area contributed by atoms with Gasteiger partial charge in [0.1, 0.15) is 0 Å². The van der Waals surface area contributed by atoms with Crippen LogP contribution in [0.2, 0.25) is 0 Å². The molecule has 4 aromatic heterocycles. The summed E-state index contributed by atoms with van der Waals surface area (Å²) in [6.07, 6.45) is 0. The molecule has 0 N–H and O–H groups in total. The molecule has 8 aromatic carbocycles. The molecular formula is C51H30N4S2. The molecule has 266 valence electrons. The first-order chi connectivity index (χ1) is 28.3. The Bertz CT molecular complexity index is 3410. The lowest BCUT2D eigenvalue weighted by Gasteiger charge is -2.09. The van der Waals surface area contributed by atoms with Crippen LogP contribution in [0.1, 0.15) is 0 Å². The zero-order valence-electron chi connectivity index (χ0n) is 30.4. The van der Waals surface area contributed by atoms with Crippen LogP contribution >= 0.6 is 22.7 Å². The molecule has 0 atom stereocenters. The van der Waals surface area contributed by atoms with Gasteiger partial charge in [0.15, 0.2) is 17.5 Å². The van der Waals surface area contributed by atoms with E-state index in [4.69, 9.17) is 15.0 Å². The molecule has 0 fully saturated rings. The van der Waals surface area contributed by atoms with Gasteiger partial charge < -0.3 is 4.57 Å². The SMILES string of the molecule is c1ccc(-c2nc(-c3ccccc3)nc(-c3cccc4c3sc3c(-c5cccc6sc7cc(-n8c9ccccc9c9ccccc98)ccc7c56)cccc34)n2)cc1. The van der Waals surface area contributed by atoms with E-state index in [9.17, 15) is 0 Å². The molecule has 6 heteroatoms. The van der Waals surface area contributed by atoms with Gasteiger partial charge in [-0.3, -0.25) is 0 Å². The molecule has 0 unspecified atom stereocenters. The van der Waals surface area contributed by atoms with Crippen molar-refractivity contribution in [2.24, 2.45) is 0 Å². The maximum Gasteiger partial charge on any atom is 0.165 e. The van der Waals surface area contributed by atoms with Gasteiger partial charge in [0.2, 0.25) is 0 Å². The van der Waals surface area contributed by atoms with Crippen LogP contribution in [0.5, 0.6) is 0 Å². The van der Waals surface area contributed by atoms with Crippen molar-refractivity contribution in [1.82, 2.24) is 19.5 Å². The Morgan fingerprint density at radius 1 is 0.351 bits per heavy atom. The molecule has 4 heterocycles. The van der Waals surface area contributed by atoms with Gasteiger partial charge >= 0.3 is 0 Å². The van der Waals surface area contributed by atoms with Crippen LogP contribution in [0.4, 0.5) is 0 Å². The second-order valence-electron chi connectivity index (χ2n) is 14.3. The maximum atomic E-state index is 5.11. The van der Waals surface area contributed by atoms with Crippen LogP contribution < -0.4 is 0 Å². The quantitative estimate of drug-likeness (QED) is 0.175. The van der Waals surface area contributed by atoms with Gasteiger partial charge in [0, 0.05) is 79.1 Å². The van der Waals surface area contributed by atoms with Crippen molar-refractivity contribution < 1.29 is 0 Å². The third-order valence-corrected chi connectivity index (χ3v) is 13.5. The van der Waals surface area contributed by atoms with E-state index in [0.717, 1.165) is 16.7 Å². The largest absolute Gasteiger partial charge is 0.309 e. The summed E-state index contributed by atoms with van der Waals surface area (Å²) in [5.74, 6) is 2.00. The Kier molecular flexibility index (Phi) is 7.24. The van der Waals surface area contributed by atoms with E-state index in [0.29, 0.717) is 17.5 Å². The van der Waals surface area contributed by atoms with Gasteiger partial charge in [0.25, 0.3) is 0 Å². The van der Waals surface area contributed by atoms with Gasteiger partial charge in [-0.05, 0) is 42.0 Å². The van der Waals surface area contributed by atoms with E-state index in [1.165, 1.54) is 79.0 Å². The molecule has 0 saturated carbocycles. The van der Waals surface area contributed by atoms with E-state index < -0.39 is 0 Å². The molecule has 12 rings (SSSR count). The Hall–Kier alpha value is -6.99. The number of aromatic nitrogens is 4. The molecule has 0 aliphatic carbocycles. The van der Waals surface area contributed by atoms with E-state index >= 15 is 0 Å². The lowest BCUT2D eigenvalue weighted by molar-refractivity contribution is 1.08. The van der Waals surface area contributed by atoms with E-state index in [1.807, 2.05) is 59.1 Å². The number of hydrogen-bond acceptors (Lipinski definition) is 5. The Balaban J connectivity index is 1.04. The van der Waals surface area contributed by atoms with Crippen molar-refractivity contribution in [3.8, 4) is 51.0 Å². The summed E-state index contributed by atoms with van der Waals surface area (Å²) < 4.78 is 7.40. The van der Waals surface area contributed by atoms with Crippen LogP contribution in [-0.2, 0) is 0 Å².